The minimum Gasteiger partial charge on any atom is -0.548 e. The van der Waals surface area contributed by atoms with Gasteiger partial charge in [-0.1, -0.05) is 0 Å². The smallest absolute Gasteiger partial charge is 0.0597 e. The first kappa shape index (κ1) is 3.61. The molecule has 1 fully saturated rings. The summed E-state index contributed by atoms with van der Waals surface area (Å²) in [5.74, 6) is -0.991. The lowest BCUT2D eigenvalue weighted by Gasteiger charge is -1.89. The summed E-state index contributed by atoms with van der Waals surface area (Å²) in [6.07, 6.45) is 0. The first-order chi connectivity index (χ1) is 2.80. The van der Waals surface area contributed by atoms with E-state index in [4.69, 9.17) is 0 Å². The lowest BCUT2D eigenvalue weighted by atomic mass is 10.5. The molecule has 0 aromatic carbocycles. The van der Waals surface area contributed by atoms with Gasteiger partial charge in [-0.25, -0.2) is 0 Å². The second-order valence-electron chi connectivity index (χ2n) is 1.28. The van der Waals surface area contributed by atoms with E-state index in [9.17, 15) is 9.90 Å². The third-order valence-corrected chi connectivity index (χ3v) is 0.693. The normalized spacial score (nSPS) is 29.7. The second-order valence-corrected chi connectivity index (χ2v) is 1.28. The number of hydrogen-bond acceptors (Lipinski definition) is 3. The van der Waals surface area contributed by atoms with Gasteiger partial charge in [0, 0.05) is 6.54 Å². The van der Waals surface area contributed by atoms with Crippen LogP contribution in [0.4, 0.5) is 0 Å². The van der Waals surface area contributed by atoms with Crippen LogP contribution >= 0.6 is 0 Å². The maximum absolute atomic E-state index is 9.59. The van der Waals surface area contributed by atoms with Gasteiger partial charge < -0.3 is 15.2 Å². The van der Waals surface area contributed by atoms with Crippen molar-refractivity contribution in [3.63, 3.8) is 0 Å². The van der Waals surface area contributed by atoms with Gasteiger partial charge in [0.2, 0.25) is 0 Å². The fourth-order valence-electron chi connectivity index (χ4n) is 0.226. The van der Waals surface area contributed by atoms with Gasteiger partial charge in [-0.2, -0.15) is 0 Å². The number of carbonyl (C=O) groups is 1. The molecule has 0 bridgehead atoms. The minimum atomic E-state index is -0.991. The van der Waals surface area contributed by atoms with Crippen molar-refractivity contribution in [3.05, 3.63) is 0 Å². The van der Waals surface area contributed by atoms with Gasteiger partial charge in [0.15, 0.2) is 0 Å². The van der Waals surface area contributed by atoms with E-state index in [0.717, 1.165) is 0 Å². The molecule has 1 atom stereocenters. The van der Waals surface area contributed by atoms with E-state index < -0.39 is 5.97 Å². The molecule has 0 spiro atoms. The third-order valence-electron chi connectivity index (χ3n) is 0.693. The van der Waals surface area contributed by atoms with Crippen molar-refractivity contribution in [2.24, 2.45) is 0 Å². The summed E-state index contributed by atoms with van der Waals surface area (Å²) >= 11 is 0. The molecule has 0 aliphatic carbocycles. The van der Waals surface area contributed by atoms with Gasteiger partial charge in [-0.3, -0.25) is 0 Å². The standard InChI is InChI=1S/C3H5NO2/c5-3(6)2-1-4-2/h2,4H,1H2,(H,5,6)/p-1. The average Bonchev–Trinajstić information content (AvgIpc) is 2.06. The Bertz CT molecular complexity index is 76.9. The van der Waals surface area contributed by atoms with Crippen molar-refractivity contribution in [1.82, 2.24) is 5.32 Å². The van der Waals surface area contributed by atoms with Crippen molar-refractivity contribution >= 4 is 5.97 Å². The Balaban J connectivity index is 2.31. The van der Waals surface area contributed by atoms with E-state index in [1.165, 1.54) is 0 Å². The Hall–Kier alpha value is -0.570. The highest BCUT2D eigenvalue weighted by Crippen LogP contribution is 1.90. The zero-order valence-corrected chi connectivity index (χ0v) is 3.10. The number of aliphatic carboxylic acids is 1. The SMILES string of the molecule is O=C([O-])C1CN1. The lowest BCUT2D eigenvalue weighted by Crippen LogP contribution is -2.29. The summed E-state index contributed by atoms with van der Waals surface area (Å²) < 4.78 is 0. The van der Waals surface area contributed by atoms with Crippen LogP contribution in [0.2, 0.25) is 0 Å². The van der Waals surface area contributed by atoms with Gasteiger partial charge >= 0.3 is 0 Å². The van der Waals surface area contributed by atoms with Gasteiger partial charge in [0.25, 0.3) is 0 Å². The van der Waals surface area contributed by atoms with Crippen LogP contribution in [0.5, 0.6) is 0 Å². The third kappa shape index (κ3) is 0.490. The summed E-state index contributed by atoms with van der Waals surface area (Å²) in [6.45, 7) is 0.586. The van der Waals surface area contributed by atoms with Crippen LogP contribution in [0.1, 0.15) is 0 Å². The number of rotatable bonds is 1. The zero-order valence-electron chi connectivity index (χ0n) is 3.10. The number of nitrogens with one attached hydrogen (secondary N) is 1. The van der Waals surface area contributed by atoms with Gasteiger partial charge in [0.1, 0.15) is 0 Å². The van der Waals surface area contributed by atoms with E-state index in [1.807, 2.05) is 0 Å². The Morgan fingerprint density at radius 1 is 2.00 bits per heavy atom. The number of carbonyl (C=O) groups excluding carboxylic acids is 1. The second kappa shape index (κ2) is 0.944. The molecule has 0 aromatic heterocycles. The molecule has 0 radical (unpaired) electrons. The van der Waals surface area contributed by atoms with Crippen LogP contribution in [0.25, 0.3) is 0 Å². The maximum atomic E-state index is 9.59. The van der Waals surface area contributed by atoms with Crippen LogP contribution in [-0.2, 0) is 4.79 Å². The highest BCUT2D eigenvalue weighted by molar-refractivity contribution is 5.74. The van der Waals surface area contributed by atoms with Crippen LogP contribution in [0.3, 0.4) is 0 Å². The summed E-state index contributed by atoms with van der Waals surface area (Å²) in [7, 11) is 0. The zero-order chi connectivity index (χ0) is 4.57. The molecule has 3 heteroatoms. The van der Waals surface area contributed by atoms with Crippen LogP contribution in [0, 0.1) is 0 Å². The first-order valence-corrected chi connectivity index (χ1v) is 1.75. The maximum Gasteiger partial charge on any atom is 0.0597 e. The molecule has 1 aliphatic heterocycles. The fraction of sp³-hybridized carbons (Fsp3) is 0.667. The molecule has 0 aromatic rings. The molecule has 1 heterocycles. The lowest BCUT2D eigenvalue weighted by molar-refractivity contribution is -0.304. The molecule has 1 rings (SSSR count). The molecular formula is C3H4NO2-. The summed E-state index contributed by atoms with van der Waals surface area (Å²) in [5, 5.41) is 12.2. The van der Waals surface area contributed by atoms with E-state index in [1.54, 1.807) is 0 Å². The van der Waals surface area contributed by atoms with Crippen LogP contribution in [0.15, 0.2) is 0 Å². The van der Waals surface area contributed by atoms with Crippen molar-refractivity contribution in [1.29, 1.82) is 0 Å². The van der Waals surface area contributed by atoms with Crippen molar-refractivity contribution in [2.45, 2.75) is 6.04 Å². The Morgan fingerprint density at radius 3 is 2.50 bits per heavy atom. The van der Waals surface area contributed by atoms with Crippen LogP contribution < -0.4 is 10.4 Å². The van der Waals surface area contributed by atoms with Crippen molar-refractivity contribution < 1.29 is 9.90 Å². The number of carboxylic acid groups (broad SMARTS) is 1. The fourth-order valence-corrected chi connectivity index (χ4v) is 0.226. The molecule has 1 saturated heterocycles. The van der Waals surface area contributed by atoms with E-state index in [-0.39, 0.29) is 6.04 Å². The van der Waals surface area contributed by atoms with Gasteiger partial charge in [-0.05, 0) is 0 Å². The van der Waals surface area contributed by atoms with E-state index in [2.05, 4.69) is 5.32 Å². The van der Waals surface area contributed by atoms with E-state index in [0.29, 0.717) is 6.54 Å². The number of hydrogen-bond donors (Lipinski definition) is 1. The Morgan fingerprint density at radius 2 is 2.50 bits per heavy atom. The monoisotopic (exact) mass is 86.0 g/mol. The predicted octanol–water partition coefficient (Wildman–Crippen LogP) is -2.29. The molecule has 1 N–H and O–H groups in total. The predicted molar refractivity (Wildman–Crippen MR) is 16.8 cm³/mol. The summed E-state index contributed by atoms with van der Waals surface area (Å²) in [5.41, 5.74) is 0. The average molecular weight is 86.1 g/mol. The summed E-state index contributed by atoms with van der Waals surface area (Å²) in [4.78, 5) is 9.59. The van der Waals surface area contributed by atoms with Crippen molar-refractivity contribution in [2.75, 3.05) is 6.54 Å². The molecule has 0 saturated carbocycles. The summed E-state index contributed by atoms with van der Waals surface area (Å²) in [6, 6.07) is -0.343. The molecule has 0 amide bonds. The first-order valence-electron chi connectivity index (χ1n) is 1.75. The molecule has 3 nitrogen and oxygen atoms in total. The van der Waals surface area contributed by atoms with Crippen LogP contribution in [-0.4, -0.2) is 18.6 Å². The highest BCUT2D eigenvalue weighted by atomic mass is 16.4. The molecule has 34 valence electrons. The Kier molecular flexibility index (Phi) is 0.569. The topological polar surface area (TPSA) is 62.1 Å². The number of carboxylic acids is 1. The molecule has 1 aliphatic rings. The molecule has 1 unspecified atom stereocenters. The largest absolute Gasteiger partial charge is 0.548 e. The van der Waals surface area contributed by atoms with Crippen molar-refractivity contribution in [3.8, 4) is 0 Å². The highest BCUT2D eigenvalue weighted by Gasteiger charge is 2.19. The Labute approximate surface area is 35.0 Å². The van der Waals surface area contributed by atoms with Gasteiger partial charge in [-0.15, -0.1) is 0 Å². The minimum absolute atomic E-state index is 0.343. The molecular weight excluding hydrogens is 82.0 g/mol. The quantitative estimate of drug-likeness (QED) is 0.365. The molecule has 6 heavy (non-hydrogen) atoms. The van der Waals surface area contributed by atoms with E-state index >= 15 is 0 Å². The van der Waals surface area contributed by atoms with Gasteiger partial charge in [0.05, 0.1) is 12.0 Å².